The highest BCUT2D eigenvalue weighted by atomic mass is 35.5. The van der Waals surface area contributed by atoms with E-state index in [1.165, 1.54) is 23.5 Å². The SMILES string of the molecule is O=C1C[S+]([O-])C(c2ccc(Cl)cc2Cl)N1c1cnccn1. The molecule has 0 aliphatic carbocycles. The summed E-state index contributed by atoms with van der Waals surface area (Å²) in [5.74, 6) is 0.00873. The molecule has 2 aromatic rings. The first-order valence-corrected chi connectivity index (χ1v) is 8.12. The Balaban J connectivity index is 2.07. The molecule has 0 radical (unpaired) electrons. The van der Waals surface area contributed by atoms with Crippen molar-refractivity contribution in [1.82, 2.24) is 9.97 Å². The number of anilines is 1. The van der Waals surface area contributed by atoms with E-state index in [9.17, 15) is 9.35 Å². The van der Waals surface area contributed by atoms with Crippen LogP contribution in [0.15, 0.2) is 36.8 Å². The number of nitrogens with zero attached hydrogens (tertiary/aromatic N) is 3. The van der Waals surface area contributed by atoms with Crippen molar-refractivity contribution >= 4 is 46.1 Å². The number of carbonyl (C=O) groups is 1. The normalized spacial score (nSPS) is 21.9. The summed E-state index contributed by atoms with van der Waals surface area (Å²) in [6.07, 6.45) is 4.44. The van der Waals surface area contributed by atoms with Gasteiger partial charge in [0.1, 0.15) is 0 Å². The number of benzene rings is 1. The smallest absolute Gasteiger partial charge is 0.282 e. The summed E-state index contributed by atoms with van der Waals surface area (Å²) >= 11 is 10.7. The standard InChI is InChI=1S/C13H9Cl2N3O2S/c14-8-1-2-9(10(15)5-8)13-18(12(19)7-21(13)20)11-6-16-3-4-17-11/h1-6,13H,7H2. The molecule has 108 valence electrons. The largest absolute Gasteiger partial charge is 0.614 e. The van der Waals surface area contributed by atoms with Crippen molar-refractivity contribution in [3.8, 4) is 0 Å². The van der Waals surface area contributed by atoms with Crippen LogP contribution in [0.1, 0.15) is 10.9 Å². The number of rotatable bonds is 2. The molecule has 5 nitrogen and oxygen atoms in total. The van der Waals surface area contributed by atoms with Gasteiger partial charge in [0, 0.05) is 23.0 Å². The van der Waals surface area contributed by atoms with E-state index in [0.717, 1.165) is 0 Å². The highest BCUT2D eigenvalue weighted by Gasteiger charge is 2.46. The maximum atomic E-state index is 12.3. The van der Waals surface area contributed by atoms with Gasteiger partial charge in [-0.15, -0.1) is 0 Å². The van der Waals surface area contributed by atoms with Crippen molar-refractivity contribution in [3.63, 3.8) is 0 Å². The molecule has 1 aliphatic rings. The number of hydrogen-bond donors (Lipinski definition) is 0. The molecule has 1 saturated heterocycles. The van der Waals surface area contributed by atoms with Crippen LogP contribution in [-0.2, 0) is 16.0 Å². The van der Waals surface area contributed by atoms with Gasteiger partial charge in [-0.25, -0.2) is 9.88 Å². The Bertz CT molecular complexity index is 686. The number of amides is 1. The maximum Gasteiger partial charge on any atom is 0.282 e. The van der Waals surface area contributed by atoms with Crippen LogP contribution in [0.5, 0.6) is 0 Å². The lowest BCUT2D eigenvalue weighted by atomic mass is 10.2. The number of hydrogen-bond acceptors (Lipinski definition) is 4. The van der Waals surface area contributed by atoms with Crippen LogP contribution in [0.3, 0.4) is 0 Å². The van der Waals surface area contributed by atoms with Crippen molar-refractivity contribution in [2.24, 2.45) is 0 Å². The van der Waals surface area contributed by atoms with Crippen LogP contribution in [0, 0.1) is 0 Å². The lowest BCUT2D eigenvalue weighted by Gasteiger charge is -2.23. The van der Waals surface area contributed by atoms with Gasteiger partial charge in [-0.05, 0) is 29.4 Å². The third kappa shape index (κ3) is 2.72. The average Bonchev–Trinajstić information content (AvgIpc) is 2.74. The molecule has 21 heavy (non-hydrogen) atoms. The zero-order valence-electron chi connectivity index (χ0n) is 10.6. The van der Waals surface area contributed by atoms with Crippen LogP contribution in [-0.4, -0.2) is 26.2 Å². The summed E-state index contributed by atoms with van der Waals surface area (Å²) in [7, 11) is 0. The zero-order chi connectivity index (χ0) is 15.0. The number of carbonyl (C=O) groups excluding carboxylic acids is 1. The van der Waals surface area contributed by atoms with Crippen molar-refractivity contribution in [1.29, 1.82) is 0 Å². The van der Waals surface area contributed by atoms with E-state index in [1.54, 1.807) is 18.2 Å². The number of halogens is 2. The van der Waals surface area contributed by atoms with Gasteiger partial charge in [0.05, 0.1) is 11.2 Å². The van der Waals surface area contributed by atoms with E-state index < -0.39 is 16.5 Å². The Labute approximate surface area is 134 Å². The molecule has 0 bridgehead atoms. The minimum absolute atomic E-state index is 0.0692. The molecule has 1 amide bonds. The topological polar surface area (TPSA) is 69.2 Å². The first-order chi connectivity index (χ1) is 10.1. The quantitative estimate of drug-likeness (QED) is 0.787. The summed E-state index contributed by atoms with van der Waals surface area (Å²) in [5, 5.41) is 0.160. The Kier molecular flexibility index (Phi) is 4.03. The van der Waals surface area contributed by atoms with Crippen LogP contribution < -0.4 is 4.90 Å². The van der Waals surface area contributed by atoms with Crippen LogP contribution >= 0.6 is 23.2 Å². The summed E-state index contributed by atoms with van der Waals surface area (Å²) in [4.78, 5) is 21.6. The van der Waals surface area contributed by atoms with Gasteiger partial charge in [0.2, 0.25) is 5.37 Å². The van der Waals surface area contributed by atoms with Gasteiger partial charge in [0.25, 0.3) is 5.91 Å². The molecule has 2 unspecified atom stereocenters. The Morgan fingerprint density at radius 1 is 1.33 bits per heavy atom. The number of aromatic nitrogens is 2. The summed E-state index contributed by atoms with van der Waals surface area (Å²) in [6.45, 7) is 0. The third-order valence-electron chi connectivity index (χ3n) is 3.04. The van der Waals surface area contributed by atoms with Crippen molar-refractivity contribution in [2.75, 3.05) is 10.7 Å². The maximum absolute atomic E-state index is 12.3. The third-order valence-corrected chi connectivity index (χ3v) is 5.10. The molecule has 1 aromatic heterocycles. The first-order valence-electron chi connectivity index (χ1n) is 5.98. The van der Waals surface area contributed by atoms with Gasteiger partial charge in [-0.2, -0.15) is 0 Å². The van der Waals surface area contributed by atoms with Crippen molar-refractivity contribution in [3.05, 3.63) is 52.4 Å². The molecule has 1 fully saturated rings. The summed E-state index contributed by atoms with van der Waals surface area (Å²) in [6, 6.07) is 4.89. The highest BCUT2D eigenvalue weighted by Crippen LogP contribution is 2.39. The van der Waals surface area contributed by atoms with Gasteiger partial charge in [-0.3, -0.25) is 9.78 Å². The second-order valence-electron chi connectivity index (χ2n) is 4.37. The lowest BCUT2D eigenvalue weighted by Crippen LogP contribution is -2.30. The molecule has 3 rings (SSSR count). The predicted octanol–water partition coefficient (Wildman–Crippen LogP) is 2.58. The van der Waals surface area contributed by atoms with Crippen LogP contribution in [0.4, 0.5) is 5.82 Å². The van der Waals surface area contributed by atoms with E-state index in [2.05, 4.69) is 9.97 Å². The van der Waals surface area contributed by atoms with Crippen LogP contribution in [0.25, 0.3) is 0 Å². The average molecular weight is 342 g/mol. The molecular weight excluding hydrogens is 333 g/mol. The van der Waals surface area contributed by atoms with Crippen LogP contribution in [0.2, 0.25) is 10.0 Å². The fraction of sp³-hybridized carbons (Fsp3) is 0.154. The molecule has 2 heterocycles. The Morgan fingerprint density at radius 2 is 2.14 bits per heavy atom. The van der Waals surface area contributed by atoms with Gasteiger partial charge >= 0.3 is 0 Å². The predicted molar refractivity (Wildman–Crippen MR) is 81.7 cm³/mol. The molecule has 0 spiro atoms. The molecule has 2 atom stereocenters. The molecule has 8 heteroatoms. The van der Waals surface area contributed by atoms with E-state index in [0.29, 0.717) is 21.4 Å². The molecule has 0 N–H and O–H groups in total. The highest BCUT2D eigenvalue weighted by molar-refractivity contribution is 7.93. The molecule has 1 aromatic carbocycles. The van der Waals surface area contributed by atoms with E-state index in [-0.39, 0.29) is 11.7 Å². The Hall–Kier alpha value is -1.34. The lowest BCUT2D eigenvalue weighted by molar-refractivity contribution is -0.115. The fourth-order valence-electron chi connectivity index (χ4n) is 2.16. The monoisotopic (exact) mass is 341 g/mol. The molecule has 0 saturated carbocycles. The van der Waals surface area contributed by atoms with Crippen molar-refractivity contribution in [2.45, 2.75) is 5.37 Å². The molecular formula is C13H9Cl2N3O2S. The first kappa shape index (κ1) is 14.6. The second kappa shape index (κ2) is 5.81. The minimum atomic E-state index is -1.41. The van der Waals surface area contributed by atoms with Gasteiger partial charge in [-0.1, -0.05) is 23.2 Å². The Morgan fingerprint density at radius 3 is 2.81 bits per heavy atom. The minimum Gasteiger partial charge on any atom is -0.614 e. The summed E-state index contributed by atoms with van der Waals surface area (Å²) < 4.78 is 12.3. The van der Waals surface area contributed by atoms with Crippen molar-refractivity contribution < 1.29 is 9.35 Å². The van der Waals surface area contributed by atoms with E-state index in [1.807, 2.05) is 0 Å². The molecule has 1 aliphatic heterocycles. The van der Waals surface area contributed by atoms with Gasteiger partial charge in [0.15, 0.2) is 11.6 Å². The fourth-order valence-corrected chi connectivity index (χ4v) is 4.23. The van der Waals surface area contributed by atoms with Gasteiger partial charge < -0.3 is 4.55 Å². The van der Waals surface area contributed by atoms with E-state index >= 15 is 0 Å². The zero-order valence-corrected chi connectivity index (χ0v) is 12.9. The summed E-state index contributed by atoms with van der Waals surface area (Å²) in [5.41, 5.74) is 0.580. The van der Waals surface area contributed by atoms with E-state index in [4.69, 9.17) is 23.2 Å². The second-order valence-corrected chi connectivity index (χ2v) is 6.71.